The lowest BCUT2D eigenvalue weighted by Crippen LogP contribution is -2.51. The minimum Gasteiger partial charge on any atom is -0.368 e. The molecule has 0 aliphatic carbocycles. The van der Waals surface area contributed by atoms with Gasteiger partial charge in [-0.1, -0.05) is 0 Å². The molecule has 2 fully saturated rings. The molecule has 4 rings (SSSR count). The molecule has 2 saturated heterocycles. The van der Waals surface area contributed by atoms with Gasteiger partial charge in [0.1, 0.15) is 0 Å². The molecule has 2 aliphatic rings. The van der Waals surface area contributed by atoms with Crippen LogP contribution in [0.5, 0.6) is 0 Å². The van der Waals surface area contributed by atoms with E-state index in [1.54, 1.807) is 0 Å². The predicted molar refractivity (Wildman–Crippen MR) is 78.3 cm³/mol. The van der Waals surface area contributed by atoms with E-state index in [1.807, 2.05) is 6.07 Å². The molecule has 1 aromatic heterocycles. The van der Waals surface area contributed by atoms with E-state index in [0.717, 1.165) is 24.1 Å². The Kier molecular flexibility index (Phi) is 3.03. The van der Waals surface area contributed by atoms with E-state index in [-0.39, 0.29) is 18.1 Å². The molecular formula is C13H17ClN4O. The van der Waals surface area contributed by atoms with Crippen molar-refractivity contribution in [2.45, 2.75) is 24.9 Å². The number of nitrogens with zero attached hydrogens (tertiary/aromatic N) is 1. The zero-order valence-corrected chi connectivity index (χ0v) is 11.3. The molecule has 3 heterocycles. The molecule has 0 amide bonds. The zero-order chi connectivity index (χ0) is 12.1. The predicted octanol–water partition coefficient (Wildman–Crippen LogP) is 1.22. The lowest BCUT2D eigenvalue weighted by Gasteiger charge is -2.34. The third-order valence-electron chi connectivity index (χ3n) is 4.08. The SMILES string of the molecule is Cl.O=c1[nH]c2ccc(N3CC4CCC(C3)N4)cc2[nH]1. The van der Waals surface area contributed by atoms with Crippen LogP contribution in [-0.4, -0.2) is 35.1 Å². The number of piperazine rings is 1. The van der Waals surface area contributed by atoms with Gasteiger partial charge in [-0.3, -0.25) is 0 Å². The number of rotatable bonds is 1. The fourth-order valence-corrected chi connectivity index (χ4v) is 3.22. The lowest BCUT2D eigenvalue weighted by molar-refractivity contribution is 0.466. The first-order valence-corrected chi connectivity index (χ1v) is 6.51. The number of imidazole rings is 1. The van der Waals surface area contributed by atoms with E-state index in [4.69, 9.17) is 0 Å². The second-order valence-electron chi connectivity index (χ2n) is 5.35. The van der Waals surface area contributed by atoms with Gasteiger partial charge in [0, 0.05) is 30.9 Å². The van der Waals surface area contributed by atoms with Gasteiger partial charge in [-0.25, -0.2) is 4.79 Å². The number of halogens is 1. The number of fused-ring (bicyclic) bond motifs is 3. The Bertz CT molecular complexity index is 637. The first-order chi connectivity index (χ1) is 8.78. The van der Waals surface area contributed by atoms with E-state index in [0.29, 0.717) is 12.1 Å². The van der Waals surface area contributed by atoms with Gasteiger partial charge < -0.3 is 20.2 Å². The molecule has 5 nitrogen and oxygen atoms in total. The highest BCUT2D eigenvalue weighted by Gasteiger charge is 2.32. The second-order valence-corrected chi connectivity index (χ2v) is 5.35. The summed E-state index contributed by atoms with van der Waals surface area (Å²) in [5.74, 6) is 0. The highest BCUT2D eigenvalue weighted by atomic mass is 35.5. The summed E-state index contributed by atoms with van der Waals surface area (Å²) in [6.45, 7) is 2.13. The summed E-state index contributed by atoms with van der Waals surface area (Å²) >= 11 is 0. The molecule has 2 bridgehead atoms. The van der Waals surface area contributed by atoms with Crippen molar-refractivity contribution in [3.8, 4) is 0 Å². The second kappa shape index (κ2) is 4.58. The Hall–Kier alpha value is -1.46. The number of aromatic amines is 2. The molecule has 3 N–H and O–H groups in total. The highest BCUT2D eigenvalue weighted by molar-refractivity contribution is 5.85. The number of aromatic nitrogens is 2. The lowest BCUT2D eigenvalue weighted by atomic mass is 10.2. The minimum atomic E-state index is -0.137. The van der Waals surface area contributed by atoms with Gasteiger partial charge in [0.15, 0.2) is 0 Å². The van der Waals surface area contributed by atoms with Crippen LogP contribution in [0.15, 0.2) is 23.0 Å². The summed E-state index contributed by atoms with van der Waals surface area (Å²) in [6.07, 6.45) is 2.56. The van der Waals surface area contributed by atoms with Crippen molar-refractivity contribution in [3.63, 3.8) is 0 Å². The van der Waals surface area contributed by atoms with Gasteiger partial charge in [-0.2, -0.15) is 0 Å². The fraction of sp³-hybridized carbons (Fsp3) is 0.462. The fourth-order valence-electron chi connectivity index (χ4n) is 3.22. The Balaban J connectivity index is 0.00000110. The molecule has 1 aromatic carbocycles. The van der Waals surface area contributed by atoms with E-state index in [2.05, 4.69) is 32.3 Å². The maximum Gasteiger partial charge on any atom is 0.323 e. The Morgan fingerprint density at radius 2 is 1.74 bits per heavy atom. The summed E-state index contributed by atoms with van der Waals surface area (Å²) < 4.78 is 0. The molecular weight excluding hydrogens is 264 g/mol. The van der Waals surface area contributed by atoms with E-state index >= 15 is 0 Å². The molecule has 102 valence electrons. The quantitative estimate of drug-likeness (QED) is 0.736. The first-order valence-electron chi connectivity index (χ1n) is 6.51. The summed E-state index contributed by atoms with van der Waals surface area (Å²) in [5.41, 5.74) is 2.84. The van der Waals surface area contributed by atoms with Crippen LogP contribution in [0.2, 0.25) is 0 Å². The Morgan fingerprint density at radius 3 is 2.47 bits per heavy atom. The number of hydrogen-bond donors (Lipinski definition) is 3. The Morgan fingerprint density at radius 1 is 1.05 bits per heavy atom. The third-order valence-corrected chi connectivity index (χ3v) is 4.08. The van der Waals surface area contributed by atoms with Gasteiger partial charge in [0.25, 0.3) is 0 Å². The first kappa shape index (κ1) is 12.6. The maximum absolute atomic E-state index is 11.3. The molecule has 2 aromatic rings. The van der Waals surface area contributed by atoms with Gasteiger partial charge in [0.2, 0.25) is 0 Å². The maximum atomic E-state index is 11.3. The molecule has 2 unspecified atom stereocenters. The van der Waals surface area contributed by atoms with Gasteiger partial charge in [-0.15, -0.1) is 12.4 Å². The molecule has 2 atom stereocenters. The van der Waals surface area contributed by atoms with E-state index in [9.17, 15) is 4.79 Å². The van der Waals surface area contributed by atoms with Crippen LogP contribution in [-0.2, 0) is 0 Å². The zero-order valence-electron chi connectivity index (χ0n) is 10.5. The molecule has 0 radical (unpaired) electrons. The smallest absolute Gasteiger partial charge is 0.323 e. The topological polar surface area (TPSA) is 63.9 Å². The van der Waals surface area contributed by atoms with Crippen LogP contribution in [0.4, 0.5) is 5.69 Å². The third kappa shape index (κ3) is 2.13. The Labute approximate surface area is 116 Å². The number of anilines is 1. The molecule has 6 heteroatoms. The number of H-pyrrole nitrogens is 2. The van der Waals surface area contributed by atoms with Crippen LogP contribution in [0.25, 0.3) is 11.0 Å². The largest absolute Gasteiger partial charge is 0.368 e. The highest BCUT2D eigenvalue weighted by Crippen LogP contribution is 2.26. The van der Waals surface area contributed by atoms with Gasteiger partial charge >= 0.3 is 5.69 Å². The average Bonchev–Trinajstić information content (AvgIpc) is 2.89. The summed E-state index contributed by atoms with van der Waals surface area (Å²) in [5, 5.41) is 3.63. The molecule has 0 saturated carbocycles. The molecule has 19 heavy (non-hydrogen) atoms. The minimum absolute atomic E-state index is 0. The van der Waals surface area contributed by atoms with Crippen molar-refractivity contribution in [1.82, 2.24) is 15.3 Å². The van der Waals surface area contributed by atoms with Crippen LogP contribution >= 0.6 is 12.4 Å². The van der Waals surface area contributed by atoms with Gasteiger partial charge in [-0.05, 0) is 31.0 Å². The average molecular weight is 281 g/mol. The normalized spacial score (nSPS) is 25.6. The van der Waals surface area contributed by atoms with Crippen LogP contribution in [0, 0.1) is 0 Å². The molecule has 0 spiro atoms. The van der Waals surface area contributed by atoms with Crippen molar-refractivity contribution < 1.29 is 0 Å². The van der Waals surface area contributed by atoms with Crippen LogP contribution < -0.4 is 15.9 Å². The van der Waals surface area contributed by atoms with Gasteiger partial charge in [0.05, 0.1) is 11.0 Å². The van der Waals surface area contributed by atoms with Crippen molar-refractivity contribution in [2.24, 2.45) is 0 Å². The van der Waals surface area contributed by atoms with E-state index in [1.165, 1.54) is 18.5 Å². The van der Waals surface area contributed by atoms with Crippen molar-refractivity contribution >= 4 is 29.1 Å². The summed E-state index contributed by atoms with van der Waals surface area (Å²) in [6, 6.07) is 7.40. The number of nitrogens with one attached hydrogen (secondary N) is 3. The van der Waals surface area contributed by atoms with E-state index < -0.39 is 0 Å². The van der Waals surface area contributed by atoms with Crippen molar-refractivity contribution in [2.75, 3.05) is 18.0 Å². The van der Waals surface area contributed by atoms with Crippen molar-refractivity contribution in [3.05, 3.63) is 28.7 Å². The summed E-state index contributed by atoms with van der Waals surface area (Å²) in [4.78, 5) is 19.3. The monoisotopic (exact) mass is 280 g/mol. The molecule has 2 aliphatic heterocycles. The van der Waals surface area contributed by atoms with Crippen molar-refractivity contribution in [1.29, 1.82) is 0 Å². The van der Waals surface area contributed by atoms with Crippen LogP contribution in [0.1, 0.15) is 12.8 Å². The standard InChI is InChI=1S/C13H16N4O.ClH/c18-13-15-11-4-3-10(5-12(11)16-13)17-6-8-1-2-9(7-17)14-8;/h3-5,8-9,14H,1-2,6-7H2,(H2,15,16,18);1H. The summed E-state index contributed by atoms with van der Waals surface area (Å²) in [7, 11) is 0. The number of benzene rings is 1. The van der Waals surface area contributed by atoms with Crippen LogP contribution in [0.3, 0.4) is 0 Å². The number of hydrogen-bond acceptors (Lipinski definition) is 3.